The Morgan fingerprint density at radius 2 is 1.54 bits per heavy atom. The van der Waals surface area contributed by atoms with Gasteiger partial charge in [-0.3, -0.25) is 4.79 Å². The Balaban J connectivity index is 2.05. The van der Waals surface area contributed by atoms with Gasteiger partial charge in [-0.15, -0.1) is 11.6 Å². The number of sulfone groups is 1. The summed E-state index contributed by atoms with van der Waals surface area (Å²) in [6, 6.07) is 12.1. The summed E-state index contributed by atoms with van der Waals surface area (Å²) in [7, 11) is -3.67. The number of halogens is 1. The molecule has 0 amide bonds. The van der Waals surface area contributed by atoms with Crippen molar-refractivity contribution in [2.75, 3.05) is 19.1 Å². The second-order valence-electron chi connectivity index (χ2n) is 5.74. The number of hydrogen-bond donors (Lipinski definition) is 0. The van der Waals surface area contributed by atoms with Crippen LogP contribution in [0, 0.1) is 13.3 Å². The lowest BCUT2D eigenvalue weighted by atomic mass is 10.3. The van der Waals surface area contributed by atoms with E-state index >= 15 is 0 Å². The van der Waals surface area contributed by atoms with Gasteiger partial charge in [-0.05, 0) is 61.9 Å². The molecule has 0 saturated carbocycles. The fourth-order valence-corrected chi connectivity index (χ4v) is 3.67. The third kappa shape index (κ3) is 6.14. The van der Waals surface area contributed by atoms with Crippen molar-refractivity contribution >= 4 is 27.4 Å². The van der Waals surface area contributed by atoms with E-state index in [0.717, 1.165) is 0 Å². The summed E-state index contributed by atoms with van der Waals surface area (Å²) in [6.07, 6.45) is 1.03. The summed E-state index contributed by atoms with van der Waals surface area (Å²) in [5, 5.41) is 0. The molecule has 1 atom stereocenters. The minimum Gasteiger partial charge on any atom is -0.493 e. The van der Waals surface area contributed by atoms with Gasteiger partial charge in [0.05, 0.1) is 22.3 Å². The van der Waals surface area contributed by atoms with E-state index in [4.69, 9.17) is 25.8 Å². The molecule has 0 bridgehead atoms. The van der Waals surface area contributed by atoms with Crippen LogP contribution in [0.2, 0.25) is 0 Å². The van der Waals surface area contributed by atoms with E-state index in [1.165, 1.54) is 43.3 Å². The Labute approximate surface area is 170 Å². The van der Waals surface area contributed by atoms with Crippen LogP contribution in [-0.2, 0) is 19.4 Å². The number of ether oxygens (including phenoxy) is 3. The van der Waals surface area contributed by atoms with E-state index in [1.807, 2.05) is 0 Å². The van der Waals surface area contributed by atoms with E-state index in [0.29, 0.717) is 18.1 Å². The van der Waals surface area contributed by atoms with Gasteiger partial charge in [-0.25, -0.2) is 8.42 Å². The van der Waals surface area contributed by atoms with Gasteiger partial charge in [0.25, 0.3) is 0 Å². The molecular weight excluding hydrogens is 404 g/mol. The van der Waals surface area contributed by atoms with Crippen molar-refractivity contribution in [3.05, 3.63) is 61.9 Å². The summed E-state index contributed by atoms with van der Waals surface area (Å²) in [5.41, 5.74) is 0. The van der Waals surface area contributed by atoms with Crippen molar-refractivity contribution in [3.63, 3.8) is 0 Å². The van der Waals surface area contributed by atoms with Crippen molar-refractivity contribution in [2.24, 2.45) is 0 Å². The number of carbonyl (C=O) groups is 1. The second kappa shape index (κ2) is 10.3. The Morgan fingerprint density at radius 3 is 1.96 bits per heavy atom. The van der Waals surface area contributed by atoms with Crippen LogP contribution in [0.5, 0.6) is 11.5 Å². The van der Waals surface area contributed by atoms with Gasteiger partial charge in [0.1, 0.15) is 24.2 Å². The van der Waals surface area contributed by atoms with Crippen LogP contribution in [0.15, 0.2) is 58.3 Å². The van der Waals surface area contributed by atoms with Crippen LogP contribution in [-0.4, -0.2) is 39.6 Å². The van der Waals surface area contributed by atoms with E-state index in [2.05, 4.69) is 6.92 Å². The number of esters is 1. The highest BCUT2D eigenvalue weighted by atomic mass is 35.5. The van der Waals surface area contributed by atoms with Gasteiger partial charge in [0.2, 0.25) is 9.84 Å². The van der Waals surface area contributed by atoms with Gasteiger partial charge in [-0.2, -0.15) is 0 Å². The maximum Gasteiger partial charge on any atom is 0.303 e. The predicted octanol–water partition coefficient (Wildman–Crippen LogP) is 3.49. The normalized spacial score (nSPS) is 12.2. The summed E-state index contributed by atoms with van der Waals surface area (Å²) in [6.45, 7) is 5.26. The summed E-state index contributed by atoms with van der Waals surface area (Å²) < 4.78 is 41.3. The molecule has 0 fully saturated rings. The first-order valence-corrected chi connectivity index (χ1v) is 10.4. The van der Waals surface area contributed by atoms with E-state index in [1.54, 1.807) is 18.6 Å². The Morgan fingerprint density at radius 1 is 1.04 bits per heavy atom. The van der Waals surface area contributed by atoms with Gasteiger partial charge in [0, 0.05) is 6.92 Å². The molecule has 0 heterocycles. The monoisotopic (exact) mass is 424 g/mol. The summed E-state index contributed by atoms with van der Waals surface area (Å²) in [4.78, 5) is 11.3. The fraction of sp³-hybridized carbons (Fsp3) is 0.250. The molecule has 150 valence electrons. The van der Waals surface area contributed by atoms with Crippen LogP contribution in [0.3, 0.4) is 0 Å². The van der Waals surface area contributed by atoms with Crippen LogP contribution in [0.25, 0.3) is 0 Å². The topological polar surface area (TPSA) is 78.9 Å². The van der Waals surface area contributed by atoms with Gasteiger partial charge in [0.15, 0.2) is 0 Å². The molecule has 0 saturated heterocycles. The van der Waals surface area contributed by atoms with Crippen LogP contribution in [0.4, 0.5) is 0 Å². The zero-order valence-electron chi connectivity index (χ0n) is 15.3. The molecule has 0 N–H and O–H groups in total. The quantitative estimate of drug-likeness (QED) is 0.429. The minimum atomic E-state index is -3.67. The zero-order chi connectivity index (χ0) is 20.6. The molecule has 2 aromatic carbocycles. The standard InChI is InChI=1S/C20H21ClO6S/c1-3-12-25-16-4-8-19(9-5-16)28(23,24)20-10-6-17(7-11-20)26-14-18(13-21)27-15(2)22/h3-11,18H,1,12-14H2,2H3/t18-/m0/s1. The van der Waals surface area contributed by atoms with Crippen LogP contribution >= 0.6 is 11.6 Å². The average Bonchev–Trinajstić information content (AvgIpc) is 2.70. The molecule has 0 aliphatic heterocycles. The maximum atomic E-state index is 12.7. The lowest BCUT2D eigenvalue weighted by Crippen LogP contribution is -2.25. The number of hydrogen-bond acceptors (Lipinski definition) is 6. The molecule has 6 nitrogen and oxygen atoms in total. The van der Waals surface area contributed by atoms with Gasteiger partial charge >= 0.3 is 5.97 Å². The molecule has 0 spiro atoms. The van der Waals surface area contributed by atoms with Gasteiger partial charge < -0.3 is 14.2 Å². The fourth-order valence-electron chi connectivity index (χ4n) is 2.26. The molecule has 0 aliphatic carbocycles. The molecule has 2 radical (unpaired) electrons. The molecule has 2 aromatic rings. The Bertz CT molecular complexity index is 863. The third-order valence-corrected chi connectivity index (χ3v) is 5.71. The zero-order valence-corrected chi connectivity index (χ0v) is 16.9. The lowest BCUT2D eigenvalue weighted by molar-refractivity contribution is -0.146. The number of rotatable bonds is 10. The number of carbonyl (C=O) groups excluding carboxylic acids is 1. The summed E-state index contributed by atoms with van der Waals surface area (Å²) in [5.74, 6) is 0.647. The van der Waals surface area contributed by atoms with Crippen molar-refractivity contribution < 1.29 is 27.4 Å². The molecule has 0 unspecified atom stereocenters. The Kier molecular flexibility index (Phi) is 8.14. The molecule has 28 heavy (non-hydrogen) atoms. The number of benzene rings is 2. The third-order valence-electron chi connectivity index (χ3n) is 3.58. The highest BCUT2D eigenvalue weighted by Crippen LogP contribution is 2.25. The average molecular weight is 425 g/mol. The molecule has 2 rings (SSSR count). The molecular formula is C20H21ClO6S. The second-order valence-corrected chi connectivity index (χ2v) is 8.00. The van der Waals surface area contributed by atoms with E-state index in [-0.39, 0.29) is 22.3 Å². The van der Waals surface area contributed by atoms with Crippen molar-refractivity contribution in [2.45, 2.75) is 22.8 Å². The largest absolute Gasteiger partial charge is 0.493 e. The molecule has 0 aromatic heterocycles. The lowest BCUT2D eigenvalue weighted by Gasteiger charge is -2.15. The van der Waals surface area contributed by atoms with E-state index < -0.39 is 21.9 Å². The maximum absolute atomic E-state index is 12.7. The van der Waals surface area contributed by atoms with Crippen molar-refractivity contribution in [1.82, 2.24) is 0 Å². The first kappa shape index (κ1) is 22.0. The van der Waals surface area contributed by atoms with Crippen LogP contribution in [0.1, 0.15) is 6.92 Å². The van der Waals surface area contributed by atoms with Gasteiger partial charge in [-0.1, -0.05) is 0 Å². The van der Waals surface area contributed by atoms with Crippen molar-refractivity contribution in [3.8, 4) is 11.5 Å². The highest BCUT2D eigenvalue weighted by molar-refractivity contribution is 7.91. The first-order valence-electron chi connectivity index (χ1n) is 8.41. The van der Waals surface area contributed by atoms with Crippen LogP contribution < -0.4 is 9.47 Å². The summed E-state index contributed by atoms with van der Waals surface area (Å²) >= 11 is 5.72. The van der Waals surface area contributed by atoms with Crippen molar-refractivity contribution in [1.29, 1.82) is 0 Å². The smallest absolute Gasteiger partial charge is 0.303 e. The number of alkyl halides is 1. The highest BCUT2D eigenvalue weighted by Gasteiger charge is 2.18. The Hall–Kier alpha value is -2.25. The minimum absolute atomic E-state index is 0.0708. The SMILES string of the molecule is [CH2][CH]COc1ccc(S(=O)(=O)c2ccc(OC[C@H](CCl)OC(C)=O)cc2)cc1. The first-order chi connectivity index (χ1) is 13.4. The predicted molar refractivity (Wildman–Crippen MR) is 105 cm³/mol. The molecule has 0 aliphatic rings. The molecule has 8 heteroatoms. The van der Waals surface area contributed by atoms with E-state index in [9.17, 15) is 13.2 Å².